The standard InChI is InChI=1S/C45H46ClN7O3S/c1-25-17-39-35(19-30(25)21-47)38(34-12-7-29-13-14-50-44(29)27(34)3)24-53(39)32-8-10-33(11-9-32)56-45-43(49)42(46)37(23-51-45)41-28(4)52(15-6-16-57(5,54)55)40-18-26(2)31(22-48)20-36(40)41/h7,12,17-20,23-24,32-33,50H,6,8-11,13-16,49H2,1-5H3/t32-,33-. The monoisotopic (exact) mass is 799 g/mol. The number of aryl methyl sites for hydroxylation is 3. The Balaban J connectivity index is 1.06. The molecule has 0 amide bonds. The Morgan fingerprint density at radius 3 is 2.32 bits per heavy atom. The highest BCUT2D eigenvalue weighted by Gasteiger charge is 2.29. The van der Waals surface area contributed by atoms with Crippen molar-refractivity contribution in [3.8, 4) is 40.3 Å². The van der Waals surface area contributed by atoms with Crippen molar-refractivity contribution in [2.75, 3.05) is 29.6 Å². The Hall–Kier alpha value is -5.49. The number of aromatic nitrogens is 3. The number of sulfone groups is 1. The topological polar surface area (TPSA) is 152 Å². The van der Waals surface area contributed by atoms with Crippen LogP contribution in [0.4, 0.5) is 11.4 Å². The number of pyridine rings is 1. The van der Waals surface area contributed by atoms with Gasteiger partial charge in [0.25, 0.3) is 0 Å². The van der Waals surface area contributed by atoms with Crippen molar-refractivity contribution in [1.29, 1.82) is 10.5 Å². The molecule has 10 nitrogen and oxygen atoms in total. The predicted octanol–water partition coefficient (Wildman–Crippen LogP) is 9.50. The van der Waals surface area contributed by atoms with Crippen LogP contribution in [0.3, 0.4) is 0 Å². The van der Waals surface area contributed by atoms with Crippen LogP contribution < -0.4 is 15.8 Å². The highest BCUT2D eigenvalue weighted by Crippen LogP contribution is 2.45. The molecule has 0 unspecified atom stereocenters. The van der Waals surface area contributed by atoms with Crippen LogP contribution in [-0.4, -0.2) is 47.2 Å². The molecule has 12 heteroatoms. The van der Waals surface area contributed by atoms with E-state index in [0.717, 1.165) is 88.4 Å². The maximum Gasteiger partial charge on any atom is 0.239 e. The molecule has 1 aliphatic heterocycles. The van der Waals surface area contributed by atoms with Crippen LogP contribution in [-0.2, 0) is 22.8 Å². The molecule has 0 bridgehead atoms. The Morgan fingerprint density at radius 1 is 0.947 bits per heavy atom. The molecule has 57 heavy (non-hydrogen) atoms. The number of ether oxygens (including phenoxy) is 1. The zero-order valence-corrected chi connectivity index (χ0v) is 34.5. The highest BCUT2D eigenvalue weighted by atomic mass is 35.5. The van der Waals surface area contributed by atoms with E-state index in [1.165, 1.54) is 28.6 Å². The SMILES string of the molecule is Cc1cc2c(cc1C#N)c(-c1cnc(O[C@H]3CC[C@H](n4cc(-c5ccc6c(c5C)NCC6)c5cc(C#N)c(C)cc54)CC3)c(N)c1Cl)c(C)n2CCCS(C)(=O)=O. The summed E-state index contributed by atoms with van der Waals surface area (Å²) in [6, 6.07) is 17.4. The van der Waals surface area contributed by atoms with Crippen LogP contribution in [0.1, 0.15) is 77.2 Å². The number of nitriles is 2. The summed E-state index contributed by atoms with van der Waals surface area (Å²) in [7, 11) is -3.13. The molecule has 0 spiro atoms. The molecule has 8 rings (SSSR count). The molecule has 3 aromatic carbocycles. The van der Waals surface area contributed by atoms with Crippen molar-refractivity contribution in [1.82, 2.24) is 14.1 Å². The van der Waals surface area contributed by atoms with Crippen LogP contribution >= 0.6 is 11.6 Å². The van der Waals surface area contributed by atoms with Gasteiger partial charge in [-0.3, -0.25) is 0 Å². The predicted molar refractivity (Wildman–Crippen MR) is 229 cm³/mol. The number of benzene rings is 3. The summed E-state index contributed by atoms with van der Waals surface area (Å²) in [4.78, 5) is 4.71. The van der Waals surface area contributed by atoms with Gasteiger partial charge in [-0.2, -0.15) is 10.5 Å². The van der Waals surface area contributed by atoms with Crippen LogP contribution in [0.15, 0.2) is 48.8 Å². The van der Waals surface area contributed by atoms with Crippen LogP contribution in [0, 0.1) is 50.4 Å². The summed E-state index contributed by atoms with van der Waals surface area (Å²) in [6.45, 7) is 9.49. The van der Waals surface area contributed by atoms with Gasteiger partial charge in [0.15, 0.2) is 0 Å². The molecule has 2 aliphatic rings. The highest BCUT2D eigenvalue weighted by molar-refractivity contribution is 7.90. The van der Waals surface area contributed by atoms with Gasteiger partial charge in [0.05, 0.1) is 34.0 Å². The van der Waals surface area contributed by atoms with Gasteiger partial charge >= 0.3 is 0 Å². The summed E-state index contributed by atoms with van der Waals surface area (Å²) in [6.07, 6.45) is 9.97. The number of rotatable bonds is 9. The van der Waals surface area contributed by atoms with Gasteiger partial charge in [-0.1, -0.05) is 23.7 Å². The molecule has 6 aromatic rings. The number of nitrogens with zero attached hydrogens (tertiary/aromatic N) is 5. The number of anilines is 2. The van der Waals surface area contributed by atoms with Crippen LogP contribution in [0.5, 0.6) is 5.88 Å². The van der Waals surface area contributed by atoms with Crippen molar-refractivity contribution in [2.45, 2.75) is 84.9 Å². The Labute approximate surface area is 338 Å². The molecule has 3 N–H and O–H groups in total. The smallest absolute Gasteiger partial charge is 0.239 e. The summed E-state index contributed by atoms with van der Waals surface area (Å²) < 4.78 is 34.9. The molecule has 0 radical (unpaired) electrons. The van der Waals surface area contributed by atoms with Gasteiger partial charge < -0.3 is 24.9 Å². The fourth-order valence-electron chi connectivity index (χ4n) is 9.09. The second-order valence-corrected chi connectivity index (χ2v) is 18.5. The van der Waals surface area contributed by atoms with E-state index >= 15 is 0 Å². The molecule has 0 atom stereocenters. The normalized spacial score (nSPS) is 16.7. The van der Waals surface area contributed by atoms with Gasteiger partial charge in [-0.15, -0.1) is 0 Å². The van der Waals surface area contributed by atoms with E-state index in [4.69, 9.17) is 27.1 Å². The van der Waals surface area contributed by atoms with Crippen molar-refractivity contribution in [3.63, 3.8) is 0 Å². The Morgan fingerprint density at radius 2 is 1.63 bits per heavy atom. The third kappa shape index (κ3) is 6.87. The largest absolute Gasteiger partial charge is 0.473 e. The average Bonchev–Trinajstić information content (AvgIpc) is 3.88. The molecule has 292 valence electrons. The van der Waals surface area contributed by atoms with Gasteiger partial charge in [-0.05, 0) is 118 Å². The number of halogens is 1. The lowest BCUT2D eigenvalue weighted by Gasteiger charge is -2.30. The maximum absolute atomic E-state index is 11.9. The third-order valence-corrected chi connectivity index (χ3v) is 13.6. The van der Waals surface area contributed by atoms with E-state index in [0.29, 0.717) is 40.6 Å². The van der Waals surface area contributed by atoms with E-state index in [-0.39, 0.29) is 23.6 Å². The first-order valence-electron chi connectivity index (χ1n) is 19.5. The zero-order chi connectivity index (χ0) is 40.3. The summed E-state index contributed by atoms with van der Waals surface area (Å²) in [5.74, 6) is 0.364. The number of hydrogen-bond donors (Lipinski definition) is 2. The first-order chi connectivity index (χ1) is 27.3. The second-order valence-electron chi connectivity index (χ2n) is 15.8. The molecular formula is C45H46ClN7O3S. The molecule has 4 heterocycles. The Bertz CT molecular complexity index is 2820. The average molecular weight is 800 g/mol. The molecule has 3 aromatic heterocycles. The van der Waals surface area contributed by atoms with E-state index in [1.54, 1.807) is 6.20 Å². The lowest BCUT2D eigenvalue weighted by atomic mass is 9.92. The first kappa shape index (κ1) is 38.4. The summed E-state index contributed by atoms with van der Waals surface area (Å²) in [5.41, 5.74) is 20.5. The van der Waals surface area contributed by atoms with Gasteiger partial charge in [0.2, 0.25) is 5.88 Å². The zero-order valence-electron chi connectivity index (χ0n) is 33.0. The lowest BCUT2D eigenvalue weighted by Crippen LogP contribution is -2.26. The first-order valence-corrected chi connectivity index (χ1v) is 22.0. The summed E-state index contributed by atoms with van der Waals surface area (Å²) in [5, 5.41) is 25.6. The molecule has 1 aliphatic carbocycles. The molecule has 0 saturated heterocycles. The number of hydrogen-bond acceptors (Lipinski definition) is 8. The van der Waals surface area contributed by atoms with Crippen molar-refractivity contribution < 1.29 is 13.2 Å². The third-order valence-electron chi connectivity index (χ3n) is 12.1. The quantitative estimate of drug-likeness (QED) is 0.147. The van der Waals surface area contributed by atoms with Gasteiger partial charge in [0, 0.05) is 87.7 Å². The number of nitrogens with two attached hydrogens (primary N) is 1. The minimum Gasteiger partial charge on any atom is -0.473 e. The van der Waals surface area contributed by atoms with Crippen molar-refractivity contribution in [2.24, 2.45) is 0 Å². The number of nitrogen functional groups attached to an aromatic ring is 1. The fourth-order valence-corrected chi connectivity index (χ4v) is 9.97. The lowest BCUT2D eigenvalue weighted by molar-refractivity contribution is 0.130. The minimum atomic E-state index is -3.13. The second kappa shape index (κ2) is 14.8. The van der Waals surface area contributed by atoms with Gasteiger partial charge in [-0.25, -0.2) is 13.4 Å². The number of fused-ring (bicyclic) bond motifs is 3. The summed E-state index contributed by atoms with van der Waals surface area (Å²) >= 11 is 7.06. The van der Waals surface area contributed by atoms with Crippen LogP contribution in [0.25, 0.3) is 44.1 Å². The fraction of sp³-hybridized carbons (Fsp3) is 0.356. The minimum absolute atomic E-state index is 0.0680. The van der Waals surface area contributed by atoms with Gasteiger partial charge in [0.1, 0.15) is 21.6 Å². The van der Waals surface area contributed by atoms with E-state index in [9.17, 15) is 18.9 Å². The number of nitrogens with one attached hydrogen (secondary N) is 1. The Kier molecular flexibility index (Phi) is 9.96. The maximum atomic E-state index is 11.9. The van der Waals surface area contributed by atoms with Crippen molar-refractivity contribution in [3.05, 3.63) is 92.9 Å². The van der Waals surface area contributed by atoms with E-state index in [2.05, 4.69) is 64.0 Å². The molecular weight excluding hydrogens is 754 g/mol. The van der Waals surface area contributed by atoms with Crippen molar-refractivity contribution >= 4 is 54.6 Å². The van der Waals surface area contributed by atoms with E-state index in [1.807, 2.05) is 32.9 Å². The van der Waals surface area contributed by atoms with E-state index < -0.39 is 9.84 Å². The molecule has 1 saturated carbocycles. The molecule has 1 fully saturated rings. The van der Waals surface area contributed by atoms with Crippen LogP contribution in [0.2, 0.25) is 5.02 Å².